The predicted octanol–water partition coefficient (Wildman–Crippen LogP) is 3.84. The molecule has 14 nitrogen and oxygen atoms in total. The Kier molecular flexibility index (Phi) is 7.70. The van der Waals surface area contributed by atoms with Gasteiger partial charge in [-0.25, -0.2) is 14.8 Å². The molecule has 1 aliphatic carbocycles. The van der Waals surface area contributed by atoms with Crippen molar-refractivity contribution in [3.05, 3.63) is 114 Å². The Bertz CT molecular complexity index is 2910. The van der Waals surface area contributed by atoms with Crippen molar-refractivity contribution in [1.82, 2.24) is 19.1 Å². The molecular formula is C42H34N4O10. The molecule has 4 aromatic heterocycles. The van der Waals surface area contributed by atoms with E-state index in [1.807, 2.05) is 6.07 Å². The molecule has 56 heavy (non-hydrogen) atoms. The maximum atomic E-state index is 13.2. The summed E-state index contributed by atoms with van der Waals surface area (Å²) in [6.07, 6.45) is 1.35. The number of aromatic nitrogens is 4. The SMILES string of the molecule is CC[C@]1(O)C(=O)CCc2c1cc1n(c2=O)Cc2cc3c(C=O)c(O)ccc3nc2-1.CC[C@]1(O)C(=O)OCc2c1cc1n(c2=O)Cc2cc3cc(O)ccc3nc2-1. The van der Waals surface area contributed by atoms with Gasteiger partial charge in [-0.05, 0) is 73.9 Å². The average Bonchev–Trinajstić information content (AvgIpc) is 3.74. The van der Waals surface area contributed by atoms with Gasteiger partial charge in [-0.15, -0.1) is 0 Å². The standard InChI is InChI=1S/C22H18N2O5.C20H16N2O5/c1-2-22(29)15-8-17-20-11(9-24(17)21(28)12(15)3-6-19(22)27)7-13-14(10-25)18(26)5-4-16(13)23-20;1-2-20(26)14-7-16-17-11(5-10-6-12(23)3-4-15(10)21-17)8-22(16)18(24)13(14)9-27-19(20)25/h4-5,7-8,10,26,29H,2-3,6,9H2,1H3;3-7,23,26H,2,8-9H2,1H3/t22-;20-/m11/s1. The number of ether oxygens (including phenoxy) is 1. The van der Waals surface area contributed by atoms with Gasteiger partial charge in [-0.3, -0.25) is 19.2 Å². The summed E-state index contributed by atoms with van der Waals surface area (Å²) in [6.45, 7) is 3.88. The first-order valence-electron chi connectivity index (χ1n) is 18.2. The highest BCUT2D eigenvalue weighted by Gasteiger charge is 2.46. The highest BCUT2D eigenvalue weighted by molar-refractivity contribution is 6.00. The number of fused-ring (bicyclic) bond motifs is 10. The molecule has 0 saturated carbocycles. The third-order valence-electron chi connectivity index (χ3n) is 11.7. The predicted molar refractivity (Wildman–Crippen MR) is 201 cm³/mol. The van der Waals surface area contributed by atoms with Gasteiger partial charge >= 0.3 is 5.97 Å². The largest absolute Gasteiger partial charge is 0.508 e. The zero-order valence-corrected chi connectivity index (χ0v) is 30.3. The summed E-state index contributed by atoms with van der Waals surface area (Å²) in [5.74, 6) is -0.977. The Balaban J connectivity index is 0.000000147. The van der Waals surface area contributed by atoms with E-state index in [4.69, 9.17) is 4.74 Å². The van der Waals surface area contributed by atoms with E-state index in [0.717, 1.165) is 16.5 Å². The molecule has 0 bridgehead atoms. The fraction of sp³-hybridized carbons (Fsp3) is 0.262. The van der Waals surface area contributed by atoms with Crippen molar-refractivity contribution in [2.45, 2.75) is 70.4 Å². The molecule has 2 aromatic carbocycles. The molecule has 6 aromatic rings. The highest BCUT2D eigenvalue weighted by Crippen LogP contribution is 2.41. The third kappa shape index (κ3) is 4.85. The number of aldehydes is 1. The molecular weight excluding hydrogens is 720 g/mol. The second kappa shape index (κ2) is 12.2. The second-order valence-corrected chi connectivity index (χ2v) is 14.6. The molecule has 0 spiro atoms. The zero-order chi connectivity index (χ0) is 39.4. The number of Topliss-reactive ketones (excluding diaryl/α,β-unsaturated/α-hetero) is 1. The summed E-state index contributed by atoms with van der Waals surface area (Å²) in [5.41, 5.74) is 2.77. The van der Waals surface area contributed by atoms with Gasteiger partial charge in [-0.2, -0.15) is 0 Å². The van der Waals surface area contributed by atoms with Crippen LogP contribution in [0.15, 0.2) is 64.2 Å². The van der Waals surface area contributed by atoms with E-state index in [0.29, 0.717) is 80.7 Å². The maximum Gasteiger partial charge on any atom is 0.343 e. The summed E-state index contributed by atoms with van der Waals surface area (Å²) < 4.78 is 8.25. The lowest BCUT2D eigenvalue weighted by atomic mass is 9.77. The first kappa shape index (κ1) is 35.2. The van der Waals surface area contributed by atoms with Crippen LogP contribution in [0.3, 0.4) is 0 Å². The van der Waals surface area contributed by atoms with Gasteiger partial charge in [0.15, 0.2) is 17.7 Å². The molecule has 4 aliphatic rings. The van der Waals surface area contributed by atoms with E-state index >= 15 is 0 Å². The molecule has 0 amide bonds. The number of phenolic OH excluding ortho intramolecular Hbond substituents is 2. The number of ketones is 1. The van der Waals surface area contributed by atoms with E-state index in [1.54, 1.807) is 65.4 Å². The van der Waals surface area contributed by atoms with Crippen LogP contribution in [0.1, 0.15) is 76.8 Å². The fourth-order valence-electron chi connectivity index (χ4n) is 8.54. The number of hydrogen-bond donors (Lipinski definition) is 4. The summed E-state index contributed by atoms with van der Waals surface area (Å²) in [6, 6.07) is 15.0. The molecule has 3 aliphatic heterocycles. The number of aliphatic hydroxyl groups is 2. The monoisotopic (exact) mass is 754 g/mol. The van der Waals surface area contributed by atoms with Crippen LogP contribution < -0.4 is 11.1 Å². The molecule has 282 valence electrons. The number of rotatable bonds is 3. The molecule has 0 unspecified atom stereocenters. The van der Waals surface area contributed by atoms with Crippen LogP contribution in [0.25, 0.3) is 44.6 Å². The van der Waals surface area contributed by atoms with E-state index in [1.165, 1.54) is 6.07 Å². The molecule has 10 rings (SSSR count). The lowest BCUT2D eigenvalue weighted by Gasteiger charge is -2.32. The summed E-state index contributed by atoms with van der Waals surface area (Å²) in [7, 11) is 0. The maximum absolute atomic E-state index is 13.2. The van der Waals surface area contributed by atoms with E-state index in [9.17, 15) is 44.4 Å². The van der Waals surface area contributed by atoms with Gasteiger partial charge in [0.05, 0.1) is 58.0 Å². The van der Waals surface area contributed by atoms with Crippen LogP contribution >= 0.6 is 0 Å². The Morgan fingerprint density at radius 2 is 1.36 bits per heavy atom. The van der Waals surface area contributed by atoms with Crippen molar-refractivity contribution in [2.24, 2.45) is 0 Å². The van der Waals surface area contributed by atoms with Crippen LogP contribution in [-0.4, -0.2) is 57.6 Å². The first-order valence-corrected chi connectivity index (χ1v) is 18.2. The van der Waals surface area contributed by atoms with Crippen LogP contribution in [-0.2, 0) is 51.6 Å². The van der Waals surface area contributed by atoms with Gasteiger partial charge in [0.25, 0.3) is 11.1 Å². The minimum Gasteiger partial charge on any atom is -0.508 e. The van der Waals surface area contributed by atoms with Gasteiger partial charge in [-0.1, -0.05) is 13.8 Å². The molecule has 14 heteroatoms. The molecule has 0 saturated heterocycles. The number of carbonyl (C=O) groups excluding carboxylic acids is 3. The number of esters is 1. The van der Waals surface area contributed by atoms with Crippen molar-refractivity contribution in [3.8, 4) is 34.3 Å². The molecule has 4 N–H and O–H groups in total. The number of benzene rings is 2. The minimum absolute atomic E-state index is 0.110. The zero-order valence-electron chi connectivity index (χ0n) is 30.3. The quantitative estimate of drug-likeness (QED) is 0.150. The number of phenols is 2. The number of cyclic esters (lactones) is 1. The first-order chi connectivity index (χ1) is 26.8. The van der Waals surface area contributed by atoms with Gasteiger partial charge in [0, 0.05) is 45.0 Å². The lowest BCUT2D eigenvalue weighted by molar-refractivity contribution is -0.172. The van der Waals surface area contributed by atoms with Crippen LogP contribution in [0, 0.1) is 0 Å². The summed E-state index contributed by atoms with van der Waals surface area (Å²) >= 11 is 0. The number of carbonyl (C=O) groups is 3. The average molecular weight is 755 g/mol. The second-order valence-electron chi connectivity index (χ2n) is 14.6. The van der Waals surface area contributed by atoms with Crippen molar-refractivity contribution in [3.63, 3.8) is 0 Å². The Morgan fingerprint density at radius 3 is 2.02 bits per heavy atom. The molecule has 2 atom stereocenters. The van der Waals surface area contributed by atoms with E-state index in [2.05, 4.69) is 9.97 Å². The lowest BCUT2D eigenvalue weighted by Crippen LogP contribution is -2.44. The van der Waals surface area contributed by atoms with Crippen molar-refractivity contribution < 1.29 is 39.5 Å². The van der Waals surface area contributed by atoms with Crippen molar-refractivity contribution in [2.75, 3.05) is 0 Å². The van der Waals surface area contributed by atoms with Crippen molar-refractivity contribution in [1.29, 1.82) is 0 Å². The minimum atomic E-state index is -1.83. The Labute approximate surface area is 316 Å². The summed E-state index contributed by atoms with van der Waals surface area (Å²) in [5, 5.41) is 42.8. The topological polar surface area (TPSA) is 211 Å². The number of aromatic hydroxyl groups is 2. The van der Waals surface area contributed by atoms with Crippen LogP contribution in [0.5, 0.6) is 11.5 Å². The van der Waals surface area contributed by atoms with Gasteiger partial charge in [0.1, 0.15) is 23.7 Å². The Hall–Kier alpha value is -6.51. The Morgan fingerprint density at radius 1 is 0.750 bits per heavy atom. The van der Waals surface area contributed by atoms with Crippen LogP contribution in [0.2, 0.25) is 0 Å². The molecule has 7 heterocycles. The number of pyridine rings is 4. The summed E-state index contributed by atoms with van der Waals surface area (Å²) in [4.78, 5) is 71.5. The highest BCUT2D eigenvalue weighted by atomic mass is 16.6. The third-order valence-corrected chi connectivity index (χ3v) is 11.7. The van der Waals surface area contributed by atoms with Crippen molar-refractivity contribution >= 4 is 39.8 Å². The van der Waals surface area contributed by atoms with E-state index in [-0.39, 0.29) is 66.4 Å². The fourth-order valence-corrected chi connectivity index (χ4v) is 8.54. The molecule has 0 fully saturated rings. The van der Waals surface area contributed by atoms with Gasteiger partial charge < -0.3 is 34.3 Å². The molecule has 0 radical (unpaired) electrons. The van der Waals surface area contributed by atoms with Gasteiger partial charge in [0.2, 0.25) is 0 Å². The normalized spacial score (nSPS) is 19.9. The smallest absolute Gasteiger partial charge is 0.343 e. The number of nitrogens with zero attached hydrogens (tertiary/aromatic N) is 4. The van der Waals surface area contributed by atoms with E-state index < -0.39 is 17.2 Å². The number of hydrogen-bond acceptors (Lipinski definition) is 12. The van der Waals surface area contributed by atoms with Crippen LogP contribution in [0.4, 0.5) is 0 Å².